The van der Waals surface area contributed by atoms with E-state index in [-0.39, 0.29) is 25.5 Å². The number of carbonyl (C=O) groups excluding carboxylic acids is 1. The first kappa shape index (κ1) is 25.7. The fraction of sp³-hybridized carbons (Fsp3) is 0.333. The average molecular weight is 455 g/mol. The second-order valence-electron chi connectivity index (χ2n) is 7.69. The molecule has 1 heterocycles. The average Bonchev–Trinajstić information content (AvgIpc) is 3.26. The first-order valence-electron chi connectivity index (χ1n) is 10.5. The van der Waals surface area contributed by atoms with Crippen LogP contribution in [0.25, 0.3) is 11.1 Å². The molecule has 33 heavy (non-hydrogen) atoms. The largest absolute Gasteiger partial charge is 0.483 e. The minimum Gasteiger partial charge on any atom is -0.483 e. The lowest BCUT2D eigenvalue weighted by Gasteiger charge is -2.16. The van der Waals surface area contributed by atoms with E-state index in [0.717, 1.165) is 28.8 Å². The van der Waals surface area contributed by atoms with Gasteiger partial charge in [0, 0.05) is 25.6 Å². The van der Waals surface area contributed by atoms with Gasteiger partial charge in [0.25, 0.3) is 12.4 Å². The van der Waals surface area contributed by atoms with E-state index < -0.39 is 0 Å². The van der Waals surface area contributed by atoms with Crippen LogP contribution in [-0.2, 0) is 30.9 Å². The van der Waals surface area contributed by atoms with Gasteiger partial charge in [-0.2, -0.15) is 4.98 Å². The molecule has 1 amide bonds. The van der Waals surface area contributed by atoms with Gasteiger partial charge in [0.15, 0.2) is 5.82 Å². The molecule has 0 aliphatic rings. The first-order chi connectivity index (χ1) is 15.8. The number of rotatable bonds is 8. The van der Waals surface area contributed by atoms with Gasteiger partial charge in [0.05, 0.1) is 13.2 Å². The summed E-state index contributed by atoms with van der Waals surface area (Å²) in [6, 6.07) is 13.5. The summed E-state index contributed by atoms with van der Waals surface area (Å²) in [5.74, 6) is 0.935. The van der Waals surface area contributed by atoms with Crippen molar-refractivity contribution in [1.29, 1.82) is 0 Å². The van der Waals surface area contributed by atoms with E-state index in [9.17, 15) is 9.90 Å². The summed E-state index contributed by atoms with van der Waals surface area (Å²) in [6.07, 6.45) is 0.665. The van der Waals surface area contributed by atoms with Gasteiger partial charge in [-0.25, -0.2) is 0 Å². The molecule has 0 spiro atoms. The predicted octanol–water partition coefficient (Wildman–Crippen LogP) is 2.83. The maximum Gasteiger partial charge on any atom is 0.290 e. The minimum absolute atomic E-state index is 0.0372. The van der Waals surface area contributed by atoms with Gasteiger partial charge in [-0.05, 0) is 48.5 Å². The molecule has 1 aromatic heterocycles. The number of aryl methyl sites for hydroxylation is 1. The lowest BCUT2D eigenvalue weighted by atomic mass is 9.96. The molecular weight excluding hydrogens is 424 g/mol. The van der Waals surface area contributed by atoms with Crippen LogP contribution in [-0.4, -0.2) is 63.7 Å². The van der Waals surface area contributed by atoms with E-state index in [1.54, 1.807) is 24.1 Å². The summed E-state index contributed by atoms with van der Waals surface area (Å²) in [4.78, 5) is 29.0. The van der Waals surface area contributed by atoms with Crippen LogP contribution in [0, 0.1) is 0 Å². The van der Waals surface area contributed by atoms with Crippen molar-refractivity contribution in [2.75, 3.05) is 21.1 Å². The maximum absolute atomic E-state index is 12.7. The highest BCUT2D eigenvalue weighted by Crippen LogP contribution is 2.26. The van der Waals surface area contributed by atoms with Gasteiger partial charge in [-0.3, -0.25) is 9.59 Å². The van der Waals surface area contributed by atoms with E-state index in [1.165, 1.54) is 0 Å². The molecule has 0 atom stereocenters. The quantitative estimate of drug-likeness (QED) is 0.499. The number of aliphatic hydroxyl groups is 1. The molecule has 0 unspecified atom stereocenters. The third-order valence-corrected chi connectivity index (χ3v) is 4.82. The molecule has 0 bridgehead atoms. The molecule has 0 aliphatic heterocycles. The van der Waals surface area contributed by atoms with Gasteiger partial charge < -0.3 is 24.5 Å². The Morgan fingerprint density at radius 1 is 1.09 bits per heavy atom. The molecule has 2 N–H and O–H groups in total. The van der Waals surface area contributed by atoms with E-state index in [1.807, 2.05) is 45.3 Å². The Morgan fingerprint density at radius 3 is 2.30 bits per heavy atom. The summed E-state index contributed by atoms with van der Waals surface area (Å²) < 4.78 is 5.09. The Hall–Kier alpha value is -3.56. The third kappa shape index (κ3) is 7.23. The molecule has 9 nitrogen and oxygen atoms in total. The van der Waals surface area contributed by atoms with E-state index in [0.29, 0.717) is 23.7 Å². The molecule has 0 saturated carbocycles. The van der Waals surface area contributed by atoms with Gasteiger partial charge >= 0.3 is 0 Å². The number of hydrogen-bond donors (Lipinski definition) is 2. The molecular formula is C24H30N4O5. The zero-order valence-electron chi connectivity index (χ0n) is 19.4. The fourth-order valence-corrected chi connectivity index (χ4v) is 3.32. The van der Waals surface area contributed by atoms with Crippen LogP contribution >= 0.6 is 0 Å². The van der Waals surface area contributed by atoms with Crippen molar-refractivity contribution >= 4 is 12.4 Å². The molecule has 0 fully saturated rings. The molecule has 3 rings (SSSR count). The van der Waals surface area contributed by atoms with Crippen molar-refractivity contribution in [3.05, 3.63) is 70.9 Å². The zero-order valence-corrected chi connectivity index (χ0v) is 19.4. The van der Waals surface area contributed by atoms with Gasteiger partial charge in [-0.15, -0.1) is 0 Å². The Labute approximate surface area is 193 Å². The van der Waals surface area contributed by atoms with E-state index in [2.05, 4.69) is 21.1 Å². The lowest BCUT2D eigenvalue weighted by molar-refractivity contribution is -0.122. The highest BCUT2D eigenvalue weighted by molar-refractivity contribution is 5.94. The molecule has 9 heteroatoms. The Balaban J connectivity index is 0.00000122. The molecule has 3 aromatic rings. The number of benzene rings is 2. The van der Waals surface area contributed by atoms with Crippen LogP contribution in [0.4, 0.5) is 0 Å². The van der Waals surface area contributed by atoms with Gasteiger partial charge in [0.2, 0.25) is 5.89 Å². The lowest BCUT2D eigenvalue weighted by Crippen LogP contribution is -2.26. The van der Waals surface area contributed by atoms with Crippen LogP contribution in [0.15, 0.2) is 47.0 Å². The minimum atomic E-state index is -0.250. The number of aromatic nitrogens is 2. The van der Waals surface area contributed by atoms with Crippen molar-refractivity contribution in [2.24, 2.45) is 0 Å². The third-order valence-electron chi connectivity index (χ3n) is 4.82. The Morgan fingerprint density at radius 2 is 1.76 bits per heavy atom. The van der Waals surface area contributed by atoms with Gasteiger partial charge in [-0.1, -0.05) is 42.4 Å². The van der Waals surface area contributed by atoms with Crippen LogP contribution in [0.2, 0.25) is 0 Å². The summed E-state index contributed by atoms with van der Waals surface area (Å²) >= 11 is 0. The number of carboxylic acid groups (broad SMARTS) is 1. The summed E-state index contributed by atoms with van der Waals surface area (Å²) in [5.41, 5.74) is 4.52. The fourth-order valence-electron chi connectivity index (χ4n) is 3.32. The molecule has 2 aromatic carbocycles. The van der Waals surface area contributed by atoms with E-state index >= 15 is 0 Å². The second-order valence-corrected chi connectivity index (χ2v) is 7.69. The number of hydrogen-bond acceptors (Lipinski definition) is 7. The number of nitrogens with zero attached hydrogens (tertiary/aromatic N) is 4. The summed E-state index contributed by atoms with van der Waals surface area (Å²) in [7, 11) is 5.74. The van der Waals surface area contributed by atoms with E-state index in [4.69, 9.17) is 14.4 Å². The van der Waals surface area contributed by atoms with Crippen LogP contribution in [0.5, 0.6) is 0 Å². The van der Waals surface area contributed by atoms with Crippen molar-refractivity contribution in [1.82, 2.24) is 19.9 Å². The molecule has 0 saturated heterocycles. The molecule has 0 radical (unpaired) electrons. The first-order valence-corrected chi connectivity index (χ1v) is 10.5. The molecule has 0 aliphatic carbocycles. The predicted molar refractivity (Wildman–Crippen MR) is 123 cm³/mol. The molecule has 176 valence electrons. The second kappa shape index (κ2) is 12.5. The highest BCUT2D eigenvalue weighted by Gasteiger charge is 2.16. The monoisotopic (exact) mass is 454 g/mol. The van der Waals surface area contributed by atoms with Gasteiger partial charge in [0.1, 0.15) is 0 Å². The number of amides is 1. The smallest absolute Gasteiger partial charge is 0.290 e. The Kier molecular flexibility index (Phi) is 9.71. The van der Waals surface area contributed by atoms with Crippen molar-refractivity contribution in [2.45, 2.75) is 33.0 Å². The van der Waals surface area contributed by atoms with Crippen molar-refractivity contribution in [3.8, 4) is 11.1 Å². The highest BCUT2D eigenvalue weighted by atomic mass is 16.5. The Bertz CT molecular complexity index is 1050. The van der Waals surface area contributed by atoms with Crippen molar-refractivity contribution < 1.29 is 24.3 Å². The topological polar surface area (TPSA) is 120 Å². The standard InChI is InChI=1S/C23H28N4O3.CH2O2/c1-5-22-24-21(25-30-22)14-27(4)23(29)18-9-7-17(8-10-18)20-11-6-16(13-26(2)3)12-19(20)15-28;2-1-3/h6-12,28H,5,13-15H2,1-4H3;1H,(H,2,3). The SMILES string of the molecule is CCc1nc(CN(C)C(=O)c2ccc(-c3ccc(CN(C)C)cc3CO)cc2)no1.O=CO. The maximum atomic E-state index is 12.7. The summed E-state index contributed by atoms with van der Waals surface area (Å²) in [5, 5.41) is 20.6. The van der Waals surface area contributed by atoms with Crippen LogP contribution < -0.4 is 0 Å². The summed E-state index contributed by atoms with van der Waals surface area (Å²) in [6.45, 7) is 2.75. The number of carbonyl (C=O) groups is 2. The van der Waals surface area contributed by atoms with Crippen LogP contribution in [0.3, 0.4) is 0 Å². The number of aliphatic hydroxyl groups excluding tert-OH is 1. The van der Waals surface area contributed by atoms with Crippen molar-refractivity contribution in [3.63, 3.8) is 0 Å². The zero-order chi connectivity index (χ0) is 24.4. The van der Waals surface area contributed by atoms with Crippen LogP contribution in [0.1, 0.15) is 40.1 Å². The normalized spacial score (nSPS) is 10.5.